The lowest BCUT2D eigenvalue weighted by molar-refractivity contribution is -0.147. The maximum atomic E-state index is 13.3. The highest BCUT2D eigenvalue weighted by molar-refractivity contribution is 6.01. The standard InChI is InChI=1S/C19H17F3N4O2/c1-11-6-5-8-13(12(11)2)24-18(28)25-16(27)10-26-15-9-4-3-7-14(15)23-17(26)19(20,21)22/h3-9H,10H2,1-2H3,(H2,24,25,27,28). The molecule has 9 heteroatoms. The van der Waals surface area contributed by atoms with Gasteiger partial charge < -0.3 is 9.88 Å². The maximum Gasteiger partial charge on any atom is 0.449 e. The van der Waals surface area contributed by atoms with E-state index in [0.717, 1.165) is 15.7 Å². The van der Waals surface area contributed by atoms with Gasteiger partial charge in [-0.3, -0.25) is 10.1 Å². The summed E-state index contributed by atoms with van der Waals surface area (Å²) in [5.74, 6) is -2.09. The second-order valence-electron chi connectivity index (χ2n) is 6.26. The molecule has 1 aromatic heterocycles. The number of aryl methyl sites for hydroxylation is 1. The second kappa shape index (κ2) is 7.34. The highest BCUT2D eigenvalue weighted by Crippen LogP contribution is 2.31. The molecule has 146 valence electrons. The number of aromatic nitrogens is 2. The number of hydrogen-bond acceptors (Lipinski definition) is 3. The third-order valence-electron chi connectivity index (χ3n) is 4.32. The average Bonchev–Trinajstić information content (AvgIpc) is 2.98. The van der Waals surface area contributed by atoms with Crippen LogP contribution in [0.25, 0.3) is 11.0 Å². The molecule has 0 bridgehead atoms. The number of imide groups is 1. The number of hydrogen-bond donors (Lipinski definition) is 2. The Balaban J connectivity index is 1.78. The minimum atomic E-state index is -4.74. The summed E-state index contributed by atoms with van der Waals surface area (Å²) in [7, 11) is 0. The first-order valence-corrected chi connectivity index (χ1v) is 8.36. The molecule has 0 radical (unpaired) electrons. The van der Waals surface area contributed by atoms with Gasteiger partial charge in [-0.05, 0) is 43.2 Å². The number of alkyl halides is 3. The van der Waals surface area contributed by atoms with Gasteiger partial charge in [0.1, 0.15) is 6.54 Å². The predicted molar refractivity (Wildman–Crippen MR) is 97.8 cm³/mol. The number of para-hydroxylation sites is 2. The zero-order valence-electron chi connectivity index (χ0n) is 15.1. The molecule has 6 nitrogen and oxygen atoms in total. The largest absolute Gasteiger partial charge is 0.449 e. The van der Waals surface area contributed by atoms with E-state index in [0.29, 0.717) is 5.69 Å². The Morgan fingerprint density at radius 1 is 1.07 bits per heavy atom. The first kappa shape index (κ1) is 19.4. The summed E-state index contributed by atoms with van der Waals surface area (Å²) in [5.41, 5.74) is 2.55. The second-order valence-corrected chi connectivity index (χ2v) is 6.26. The van der Waals surface area contributed by atoms with E-state index in [4.69, 9.17) is 0 Å². The number of benzene rings is 2. The summed E-state index contributed by atoms with van der Waals surface area (Å²) in [4.78, 5) is 27.8. The summed E-state index contributed by atoms with van der Waals surface area (Å²) >= 11 is 0. The number of amides is 3. The van der Waals surface area contributed by atoms with Gasteiger partial charge >= 0.3 is 12.2 Å². The molecule has 1 heterocycles. The third kappa shape index (κ3) is 3.98. The molecule has 0 aliphatic heterocycles. The third-order valence-corrected chi connectivity index (χ3v) is 4.32. The zero-order chi connectivity index (χ0) is 20.5. The molecule has 28 heavy (non-hydrogen) atoms. The summed E-state index contributed by atoms with van der Waals surface area (Å²) in [5, 5.41) is 4.58. The quantitative estimate of drug-likeness (QED) is 0.709. The van der Waals surface area contributed by atoms with Gasteiger partial charge in [0.25, 0.3) is 0 Å². The Bertz CT molecular complexity index is 1060. The van der Waals surface area contributed by atoms with Crippen molar-refractivity contribution >= 4 is 28.7 Å². The summed E-state index contributed by atoms with van der Waals surface area (Å²) < 4.78 is 40.6. The topological polar surface area (TPSA) is 76.0 Å². The van der Waals surface area contributed by atoms with E-state index in [9.17, 15) is 22.8 Å². The Morgan fingerprint density at radius 3 is 2.50 bits per heavy atom. The SMILES string of the molecule is Cc1cccc(NC(=O)NC(=O)Cn2c(C(F)(F)F)nc3ccccc32)c1C. The fourth-order valence-electron chi connectivity index (χ4n) is 2.80. The van der Waals surface area contributed by atoms with Gasteiger partial charge in [-0.15, -0.1) is 0 Å². The lowest BCUT2D eigenvalue weighted by Gasteiger charge is -2.13. The molecular weight excluding hydrogens is 373 g/mol. The van der Waals surface area contributed by atoms with Crippen LogP contribution < -0.4 is 10.6 Å². The van der Waals surface area contributed by atoms with Crippen molar-refractivity contribution in [3.63, 3.8) is 0 Å². The van der Waals surface area contributed by atoms with Gasteiger partial charge in [0.05, 0.1) is 11.0 Å². The predicted octanol–water partition coefficient (Wildman–Crippen LogP) is 4.02. The van der Waals surface area contributed by atoms with Crippen LogP contribution >= 0.6 is 0 Å². The Hall–Kier alpha value is -3.36. The molecule has 0 saturated carbocycles. The number of urea groups is 1. The zero-order valence-corrected chi connectivity index (χ0v) is 15.1. The smallest absolute Gasteiger partial charge is 0.311 e. The fourth-order valence-corrected chi connectivity index (χ4v) is 2.80. The molecule has 2 N–H and O–H groups in total. The number of rotatable bonds is 3. The number of imidazole rings is 1. The van der Waals surface area contributed by atoms with Gasteiger partial charge in [-0.25, -0.2) is 9.78 Å². The van der Waals surface area contributed by atoms with Crippen molar-refractivity contribution in [2.24, 2.45) is 0 Å². The fraction of sp³-hybridized carbons (Fsp3) is 0.211. The van der Waals surface area contributed by atoms with Crippen molar-refractivity contribution in [3.05, 3.63) is 59.4 Å². The van der Waals surface area contributed by atoms with Crippen molar-refractivity contribution in [2.45, 2.75) is 26.6 Å². The van der Waals surface area contributed by atoms with E-state index in [1.165, 1.54) is 12.1 Å². The van der Waals surface area contributed by atoms with Gasteiger partial charge in [-0.2, -0.15) is 13.2 Å². The molecule has 3 amide bonds. The monoisotopic (exact) mass is 390 g/mol. The highest BCUT2D eigenvalue weighted by atomic mass is 19.4. The summed E-state index contributed by atoms with van der Waals surface area (Å²) in [6.07, 6.45) is -4.74. The van der Waals surface area contributed by atoms with Crippen molar-refractivity contribution in [1.82, 2.24) is 14.9 Å². The number of nitrogens with one attached hydrogen (secondary N) is 2. The van der Waals surface area contributed by atoms with Gasteiger partial charge in [0.2, 0.25) is 11.7 Å². The van der Waals surface area contributed by atoms with Crippen LogP contribution in [0.4, 0.5) is 23.7 Å². The van der Waals surface area contributed by atoms with E-state index in [1.807, 2.05) is 13.0 Å². The lowest BCUT2D eigenvalue weighted by Crippen LogP contribution is -2.37. The summed E-state index contributed by atoms with van der Waals surface area (Å²) in [6.45, 7) is 2.97. The number of fused-ring (bicyclic) bond motifs is 1. The van der Waals surface area contributed by atoms with E-state index < -0.39 is 30.5 Å². The molecule has 0 fully saturated rings. The van der Waals surface area contributed by atoms with Crippen molar-refractivity contribution in [1.29, 1.82) is 0 Å². The lowest BCUT2D eigenvalue weighted by atomic mass is 10.1. The van der Waals surface area contributed by atoms with Gasteiger partial charge in [0, 0.05) is 5.69 Å². The van der Waals surface area contributed by atoms with E-state index in [-0.39, 0.29) is 11.0 Å². The first-order chi connectivity index (χ1) is 13.2. The molecule has 0 aliphatic carbocycles. The number of anilines is 1. The van der Waals surface area contributed by atoms with Crippen LogP contribution in [0.5, 0.6) is 0 Å². The van der Waals surface area contributed by atoms with Gasteiger partial charge in [0.15, 0.2) is 0 Å². The van der Waals surface area contributed by atoms with Crippen LogP contribution in [0.2, 0.25) is 0 Å². The van der Waals surface area contributed by atoms with E-state index in [2.05, 4.69) is 15.6 Å². The Morgan fingerprint density at radius 2 is 1.79 bits per heavy atom. The van der Waals surface area contributed by atoms with Crippen LogP contribution in [0, 0.1) is 13.8 Å². The molecule has 0 atom stereocenters. The molecule has 3 aromatic rings. The van der Waals surface area contributed by atoms with Gasteiger partial charge in [-0.1, -0.05) is 24.3 Å². The Labute approximate surface area is 158 Å². The van der Waals surface area contributed by atoms with Crippen LogP contribution in [-0.4, -0.2) is 21.5 Å². The van der Waals surface area contributed by atoms with Crippen molar-refractivity contribution in [2.75, 3.05) is 5.32 Å². The van der Waals surface area contributed by atoms with Crippen molar-refractivity contribution < 1.29 is 22.8 Å². The van der Waals surface area contributed by atoms with Crippen LogP contribution in [-0.2, 0) is 17.5 Å². The summed E-state index contributed by atoms with van der Waals surface area (Å²) in [6, 6.07) is 10.4. The van der Waals surface area contributed by atoms with E-state index >= 15 is 0 Å². The van der Waals surface area contributed by atoms with E-state index in [1.54, 1.807) is 31.2 Å². The molecule has 2 aromatic carbocycles. The Kier molecular flexibility index (Phi) is 5.08. The number of carbonyl (C=O) groups excluding carboxylic acids is 2. The van der Waals surface area contributed by atoms with Crippen molar-refractivity contribution in [3.8, 4) is 0 Å². The number of nitrogens with zero attached hydrogens (tertiary/aromatic N) is 2. The molecule has 3 rings (SSSR count). The maximum absolute atomic E-state index is 13.3. The highest BCUT2D eigenvalue weighted by Gasteiger charge is 2.38. The number of carbonyl (C=O) groups is 2. The van der Waals surface area contributed by atoms with Crippen LogP contribution in [0.3, 0.4) is 0 Å². The normalized spacial score (nSPS) is 11.5. The molecular formula is C19H17F3N4O2. The average molecular weight is 390 g/mol. The van der Waals surface area contributed by atoms with Crippen LogP contribution in [0.15, 0.2) is 42.5 Å². The minimum absolute atomic E-state index is 0.113. The molecule has 0 aliphatic rings. The first-order valence-electron chi connectivity index (χ1n) is 8.36. The molecule has 0 unspecified atom stereocenters. The molecule has 0 saturated heterocycles. The number of halogens is 3. The minimum Gasteiger partial charge on any atom is -0.311 e. The van der Waals surface area contributed by atoms with Crippen LogP contribution in [0.1, 0.15) is 17.0 Å². The molecule has 0 spiro atoms.